The summed E-state index contributed by atoms with van der Waals surface area (Å²) in [6.07, 6.45) is 0. The Bertz CT molecular complexity index is 653. The lowest BCUT2D eigenvalue weighted by Crippen LogP contribution is -1.78. The van der Waals surface area contributed by atoms with Gasteiger partial charge in [0.25, 0.3) is 11.9 Å². The van der Waals surface area contributed by atoms with Crippen LogP contribution >= 0.6 is 0 Å². The van der Waals surface area contributed by atoms with Gasteiger partial charge in [-0.15, -0.1) is 0 Å². The second-order valence-electron chi connectivity index (χ2n) is 4.58. The highest BCUT2D eigenvalue weighted by atomic mass is 16.4. The van der Waals surface area contributed by atoms with E-state index in [0.717, 1.165) is 13.8 Å². The van der Waals surface area contributed by atoms with Gasteiger partial charge in [0.15, 0.2) is 0 Å². The third-order valence-electron chi connectivity index (χ3n) is 2.61. The lowest BCUT2D eigenvalue weighted by molar-refractivity contribution is -0.135. The molecule has 0 heterocycles. The van der Waals surface area contributed by atoms with Crippen molar-refractivity contribution in [1.82, 2.24) is 0 Å². The molecular formula is C18H18O4. The first-order valence-corrected chi connectivity index (χ1v) is 6.66. The van der Waals surface area contributed by atoms with Crippen molar-refractivity contribution in [2.45, 2.75) is 13.8 Å². The molecule has 3 aromatic rings. The molecule has 3 aromatic carbocycles. The van der Waals surface area contributed by atoms with Gasteiger partial charge in [-0.25, -0.2) is 0 Å². The van der Waals surface area contributed by atoms with Crippen LogP contribution in [-0.2, 0) is 9.59 Å². The molecule has 0 amide bonds. The fourth-order valence-corrected chi connectivity index (χ4v) is 1.88. The molecule has 0 saturated heterocycles. The third kappa shape index (κ3) is 6.05. The van der Waals surface area contributed by atoms with Crippen LogP contribution in [0, 0.1) is 0 Å². The molecular weight excluding hydrogens is 280 g/mol. The molecule has 2 N–H and O–H groups in total. The average Bonchev–Trinajstić information content (AvgIpc) is 2.44. The summed E-state index contributed by atoms with van der Waals surface area (Å²) in [6, 6.07) is 21.4. The Morgan fingerprint density at radius 3 is 1.00 bits per heavy atom. The first kappa shape index (κ1) is 17.2. The van der Waals surface area contributed by atoms with Crippen molar-refractivity contribution in [1.29, 1.82) is 0 Å². The van der Waals surface area contributed by atoms with Crippen LogP contribution in [0.2, 0.25) is 0 Å². The first-order valence-electron chi connectivity index (χ1n) is 6.66. The summed E-state index contributed by atoms with van der Waals surface area (Å²) < 4.78 is 0. The number of fused-ring (bicyclic) bond motifs is 2. The zero-order valence-electron chi connectivity index (χ0n) is 12.5. The second kappa shape index (κ2) is 8.42. The number of benzene rings is 3. The minimum absolute atomic E-state index is 0.833. The molecule has 4 heteroatoms. The van der Waals surface area contributed by atoms with E-state index in [1.165, 1.54) is 21.5 Å². The van der Waals surface area contributed by atoms with Crippen LogP contribution in [-0.4, -0.2) is 22.2 Å². The van der Waals surface area contributed by atoms with E-state index in [4.69, 9.17) is 19.8 Å². The summed E-state index contributed by atoms with van der Waals surface area (Å²) in [6.45, 7) is 2.17. The molecule has 0 aliphatic carbocycles. The Hall–Kier alpha value is -2.88. The van der Waals surface area contributed by atoms with E-state index in [-0.39, 0.29) is 0 Å². The molecule has 0 aromatic heterocycles. The van der Waals surface area contributed by atoms with Crippen LogP contribution < -0.4 is 0 Å². The van der Waals surface area contributed by atoms with Gasteiger partial charge in [0.2, 0.25) is 0 Å². The van der Waals surface area contributed by atoms with Crippen LogP contribution in [0.3, 0.4) is 0 Å². The largest absolute Gasteiger partial charge is 0.481 e. The highest BCUT2D eigenvalue weighted by molar-refractivity contribution is 5.98. The number of hydrogen-bond acceptors (Lipinski definition) is 2. The van der Waals surface area contributed by atoms with Crippen LogP contribution in [0.1, 0.15) is 13.8 Å². The maximum Gasteiger partial charge on any atom is 0.300 e. The van der Waals surface area contributed by atoms with E-state index < -0.39 is 11.9 Å². The number of carboxylic acid groups (broad SMARTS) is 2. The summed E-state index contributed by atoms with van der Waals surface area (Å²) in [4.78, 5) is 18.0. The SMILES string of the molecule is CC(=O)O.CC(=O)O.c1ccc2cc3ccccc3cc2c1. The van der Waals surface area contributed by atoms with Gasteiger partial charge in [0.05, 0.1) is 0 Å². The van der Waals surface area contributed by atoms with Gasteiger partial charge in [-0.3, -0.25) is 9.59 Å². The molecule has 0 atom stereocenters. The van der Waals surface area contributed by atoms with Gasteiger partial charge in [-0.2, -0.15) is 0 Å². The van der Waals surface area contributed by atoms with Crippen molar-refractivity contribution in [2.75, 3.05) is 0 Å². The standard InChI is InChI=1S/C14H10.2C2H4O2/c1-2-6-12-10-14-8-4-3-7-13(14)9-11(12)5-1;2*1-2(3)4/h1-10H;2*1H3,(H,3,4). The highest BCUT2D eigenvalue weighted by Gasteiger charge is 1.95. The van der Waals surface area contributed by atoms with Crippen molar-refractivity contribution >= 4 is 33.5 Å². The molecule has 0 fully saturated rings. The van der Waals surface area contributed by atoms with Crippen LogP contribution in [0.4, 0.5) is 0 Å². The van der Waals surface area contributed by atoms with Gasteiger partial charge < -0.3 is 10.2 Å². The normalized spacial score (nSPS) is 9.18. The number of aliphatic carboxylic acids is 2. The summed E-state index contributed by atoms with van der Waals surface area (Å²) in [5.74, 6) is -1.67. The van der Waals surface area contributed by atoms with E-state index in [9.17, 15) is 0 Å². The van der Waals surface area contributed by atoms with E-state index in [1.54, 1.807) is 0 Å². The predicted molar refractivity (Wildman–Crippen MR) is 88.1 cm³/mol. The third-order valence-corrected chi connectivity index (χ3v) is 2.61. The molecule has 0 aliphatic rings. The Labute approximate surface area is 128 Å². The van der Waals surface area contributed by atoms with Crippen molar-refractivity contribution in [3.05, 3.63) is 60.7 Å². The van der Waals surface area contributed by atoms with E-state index >= 15 is 0 Å². The zero-order valence-corrected chi connectivity index (χ0v) is 12.5. The predicted octanol–water partition coefficient (Wildman–Crippen LogP) is 4.17. The number of hydrogen-bond donors (Lipinski definition) is 2. The Kier molecular flexibility index (Phi) is 6.57. The zero-order chi connectivity index (χ0) is 16.5. The summed E-state index contributed by atoms with van der Waals surface area (Å²) in [5, 5.41) is 20.1. The molecule has 4 nitrogen and oxygen atoms in total. The van der Waals surface area contributed by atoms with Gasteiger partial charge in [0, 0.05) is 13.8 Å². The monoisotopic (exact) mass is 298 g/mol. The molecule has 0 unspecified atom stereocenters. The Morgan fingerprint density at radius 2 is 0.818 bits per heavy atom. The fourth-order valence-electron chi connectivity index (χ4n) is 1.88. The lowest BCUT2D eigenvalue weighted by atomic mass is 10.0. The van der Waals surface area contributed by atoms with Crippen LogP contribution in [0.15, 0.2) is 60.7 Å². The van der Waals surface area contributed by atoms with Gasteiger partial charge in [-0.05, 0) is 33.7 Å². The Balaban J connectivity index is 0.000000257. The van der Waals surface area contributed by atoms with Crippen LogP contribution in [0.25, 0.3) is 21.5 Å². The minimum atomic E-state index is -0.833. The summed E-state index contributed by atoms with van der Waals surface area (Å²) in [7, 11) is 0. The van der Waals surface area contributed by atoms with Crippen molar-refractivity contribution < 1.29 is 19.8 Å². The smallest absolute Gasteiger partial charge is 0.300 e. The maximum absolute atomic E-state index is 9.00. The van der Waals surface area contributed by atoms with E-state index in [0.29, 0.717) is 0 Å². The quantitative estimate of drug-likeness (QED) is 0.611. The van der Waals surface area contributed by atoms with Gasteiger partial charge in [0.1, 0.15) is 0 Å². The molecule has 0 radical (unpaired) electrons. The van der Waals surface area contributed by atoms with E-state index in [2.05, 4.69) is 60.7 Å². The molecule has 0 spiro atoms. The summed E-state index contributed by atoms with van der Waals surface area (Å²) in [5.41, 5.74) is 0. The first-order chi connectivity index (χ1) is 10.4. The molecule has 3 rings (SSSR count). The molecule has 114 valence electrons. The number of carbonyl (C=O) groups is 2. The molecule has 0 aliphatic heterocycles. The average molecular weight is 298 g/mol. The Morgan fingerprint density at radius 1 is 0.636 bits per heavy atom. The molecule has 0 saturated carbocycles. The summed E-state index contributed by atoms with van der Waals surface area (Å²) >= 11 is 0. The van der Waals surface area contributed by atoms with Gasteiger partial charge in [-0.1, -0.05) is 48.5 Å². The number of carboxylic acids is 2. The fraction of sp³-hybridized carbons (Fsp3) is 0.111. The highest BCUT2D eigenvalue weighted by Crippen LogP contribution is 2.21. The maximum atomic E-state index is 9.00. The second-order valence-corrected chi connectivity index (χ2v) is 4.58. The van der Waals surface area contributed by atoms with Crippen LogP contribution in [0.5, 0.6) is 0 Å². The molecule has 22 heavy (non-hydrogen) atoms. The molecule has 0 bridgehead atoms. The van der Waals surface area contributed by atoms with Crippen molar-refractivity contribution in [2.24, 2.45) is 0 Å². The van der Waals surface area contributed by atoms with Crippen molar-refractivity contribution in [3.63, 3.8) is 0 Å². The minimum Gasteiger partial charge on any atom is -0.481 e. The van der Waals surface area contributed by atoms with Gasteiger partial charge >= 0.3 is 0 Å². The van der Waals surface area contributed by atoms with E-state index in [1.807, 2.05) is 0 Å². The number of rotatable bonds is 0. The van der Waals surface area contributed by atoms with Crippen molar-refractivity contribution in [3.8, 4) is 0 Å². The topological polar surface area (TPSA) is 74.6 Å². The lowest BCUT2D eigenvalue weighted by Gasteiger charge is -2.00.